The number of ketones is 1. The molecule has 1 heterocycles. The first-order chi connectivity index (χ1) is 10.8. The van der Waals surface area contributed by atoms with E-state index in [9.17, 15) is 9.59 Å². The van der Waals surface area contributed by atoms with Crippen LogP contribution in [0.2, 0.25) is 0 Å². The quantitative estimate of drug-likeness (QED) is 0.910. The highest BCUT2D eigenvalue weighted by atomic mass is 16.7. The Hall–Kier alpha value is -2.04. The molecule has 5 heteroatoms. The first kappa shape index (κ1) is 14.5. The molecule has 0 unspecified atom stereocenters. The summed E-state index contributed by atoms with van der Waals surface area (Å²) in [5, 5.41) is 3.00. The number of hydrogen-bond acceptors (Lipinski definition) is 4. The van der Waals surface area contributed by atoms with E-state index in [1.807, 2.05) is 6.92 Å². The zero-order chi connectivity index (χ0) is 16.5. The van der Waals surface area contributed by atoms with E-state index in [2.05, 4.69) is 19.2 Å². The molecule has 2 bridgehead atoms. The minimum atomic E-state index is -0.616. The molecule has 122 valence electrons. The number of hydrogen-bond donors (Lipinski definition) is 1. The second-order valence-electron chi connectivity index (χ2n) is 7.66. The van der Waals surface area contributed by atoms with Gasteiger partial charge in [0.15, 0.2) is 11.5 Å². The third-order valence-corrected chi connectivity index (χ3v) is 6.77. The Morgan fingerprint density at radius 3 is 2.52 bits per heavy atom. The van der Waals surface area contributed by atoms with Crippen LogP contribution in [0.5, 0.6) is 11.5 Å². The largest absolute Gasteiger partial charge is 0.454 e. The van der Waals surface area contributed by atoms with Crippen LogP contribution in [-0.2, 0) is 9.59 Å². The molecule has 4 rings (SSSR count). The van der Waals surface area contributed by atoms with E-state index < -0.39 is 5.41 Å². The van der Waals surface area contributed by atoms with Crippen LogP contribution in [0.4, 0.5) is 5.69 Å². The maximum Gasteiger partial charge on any atom is 0.231 e. The Morgan fingerprint density at radius 2 is 1.87 bits per heavy atom. The molecule has 1 aliphatic heterocycles. The fraction of sp³-hybridized carbons (Fsp3) is 0.556. The van der Waals surface area contributed by atoms with Crippen molar-refractivity contribution in [1.82, 2.24) is 0 Å². The summed E-state index contributed by atoms with van der Waals surface area (Å²) >= 11 is 0. The van der Waals surface area contributed by atoms with Crippen LogP contribution in [-0.4, -0.2) is 18.5 Å². The summed E-state index contributed by atoms with van der Waals surface area (Å²) in [6.07, 6.45) is 1.89. The van der Waals surface area contributed by atoms with Crippen LogP contribution in [0.15, 0.2) is 18.2 Å². The Kier molecular flexibility index (Phi) is 2.70. The molecule has 1 aromatic rings. The number of carbonyl (C=O) groups is 2. The molecule has 1 N–H and O–H groups in total. The number of Topliss-reactive ketones (excluding diaryl/α,β-unsaturated/α-hetero) is 1. The van der Waals surface area contributed by atoms with E-state index >= 15 is 0 Å². The van der Waals surface area contributed by atoms with Gasteiger partial charge in [-0.25, -0.2) is 0 Å². The van der Waals surface area contributed by atoms with Crippen molar-refractivity contribution in [3.05, 3.63) is 18.2 Å². The lowest BCUT2D eigenvalue weighted by atomic mass is 9.64. The molecule has 0 aromatic heterocycles. The lowest BCUT2D eigenvalue weighted by molar-refractivity contribution is -0.131. The van der Waals surface area contributed by atoms with Gasteiger partial charge in [-0.05, 0) is 30.4 Å². The molecule has 3 aliphatic rings. The molecule has 5 nitrogen and oxygen atoms in total. The summed E-state index contributed by atoms with van der Waals surface area (Å²) in [4.78, 5) is 25.5. The van der Waals surface area contributed by atoms with Crippen molar-refractivity contribution in [3.63, 3.8) is 0 Å². The van der Waals surface area contributed by atoms with Crippen molar-refractivity contribution in [2.75, 3.05) is 12.1 Å². The van der Waals surface area contributed by atoms with Gasteiger partial charge in [0.1, 0.15) is 5.78 Å². The van der Waals surface area contributed by atoms with Gasteiger partial charge in [-0.2, -0.15) is 0 Å². The zero-order valence-corrected chi connectivity index (χ0v) is 13.7. The second kappa shape index (κ2) is 4.28. The van der Waals surface area contributed by atoms with Crippen LogP contribution >= 0.6 is 0 Å². The molecule has 0 spiro atoms. The molecule has 1 aromatic carbocycles. The summed E-state index contributed by atoms with van der Waals surface area (Å²) in [6, 6.07) is 5.37. The van der Waals surface area contributed by atoms with Gasteiger partial charge in [-0.3, -0.25) is 9.59 Å². The van der Waals surface area contributed by atoms with Crippen LogP contribution in [0.1, 0.15) is 40.0 Å². The molecular formula is C18H21NO4. The van der Waals surface area contributed by atoms with Crippen molar-refractivity contribution in [1.29, 1.82) is 0 Å². The Balaban J connectivity index is 1.64. The maximum absolute atomic E-state index is 13.1. The van der Waals surface area contributed by atoms with E-state index in [4.69, 9.17) is 9.47 Å². The predicted molar refractivity (Wildman–Crippen MR) is 84.4 cm³/mol. The number of fused-ring (bicyclic) bond motifs is 3. The van der Waals surface area contributed by atoms with Gasteiger partial charge in [0.25, 0.3) is 0 Å². The molecule has 0 saturated heterocycles. The normalized spacial score (nSPS) is 33.1. The Bertz CT molecular complexity index is 726. The third-order valence-electron chi connectivity index (χ3n) is 6.77. The number of ether oxygens (including phenoxy) is 2. The van der Waals surface area contributed by atoms with Crippen molar-refractivity contribution in [3.8, 4) is 11.5 Å². The highest BCUT2D eigenvalue weighted by molar-refractivity contribution is 6.04. The highest BCUT2D eigenvalue weighted by Gasteiger charge is 2.72. The van der Waals surface area contributed by atoms with Crippen molar-refractivity contribution < 1.29 is 19.1 Å². The van der Waals surface area contributed by atoms with E-state index in [-0.39, 0.29) is 29.3 Å². The van der Waals surface area contributed by atoms with Gasteiger partial charge >= 0.3 is 0 Å². The van der Waals surface area contributed by atoms with Gasteiger partial charge in [0.05, 0.1) is 5.41 Å². The molecule has 2 saturated carbocycles. The SMILES string of the molecule is CC1(C)[C@@]2(C(=O)Nc3ccc4c(c3)OCO4)CC[C@@]1(C)C(=O)C2. The summed E-state index contributed by atoms with van der Waals surface area (Å²) in [5.74, 6) is 1.48. The number of nitrogens with one attached hydrogen (secondary N) is 1. The first-order valence-electron chi connectivity index (χ1n) is 8.05. The lowest BCUT2D eigenvalue weighted by Crippen LogP contribution is -2.43. The summed E-state index contributed by atoms with van der Waals surface area (Å²) in [7, 11) is 0. The van der Waals surface area contributed by atoms with Crippen molar-refractivity contribution in [2.45, 2.75) is 40.0 Å². The zero-order valence-electron chi connectivity index (χ0n) is 13.7. The maximum atomic E-state index is 13.1. The van der Waals surface area contributed by atoms with Gasteiger partial charge in [-0.1, -0.05) is 20.8 Å². The van der Waals surface area contributed by atoms with Gasteiger partial charge in [0, 0.05) is 23.6 Å². The smallest absolute Gasteiger partial charge is 0.231 e. The van der Waals surface area contributed by atoms with Crippen molar-refractivity contribution >= 4 is 17.4 Å². The molecular weight excluding hydrogens is 294 g/mol. The third kappa shape index (κ3) is 1.62. The van der Waals surface area contributed by atoms with Gasteiger partial charge in [0.2, 0.25) is 12.7 Å². The Labute approximate surface area is 135 Å². The number of benzene rings is 1. The summed E-state index contributed by atoms with van der Waals surface area (Å²) < 4.78 is 10.6. The standard InChI is InChI=1S/C18H21NO4/c1-16(2)17(3)6-7-18(16,9-14(17)20)15(21)19-11-4-5-12-13(8-11)23-10-22-12/h4-5,8H,6-7,9-10H2,1-3H3,(H,19,21)/t17-,18-/m0/s1. The number of carbonyl (C=O) groups excluding carboxylic acids is 2. The number of rotatable bonds is 2. The molecule has 2 fully saturated rings. The van der Waals surface area contributed by atoms with Crippen LogP contribution in [0.25, 0.3) is 0 Å². The average Bonchev–Trinajstić information content (AvgIpc) is 3.08. The van der Waals surface area contributed by atoms with E-state index in [0.717, 1.165) is 12.8 Å². The fourth-order valence-electron chi connectivity index (χ4n) is 4.59. The molecule has 23 heavy (non-hydrogen) atoms. The number of amides is 1. The first-order valence-corrected chi connectivity index (χ1v) is 8.05. The molecule has 1 amide bonds. The minimum Gasteiger partial charge on any atom is -0.454 e. The average molecular weight is 315 g/mol. The van der Waals surface area contributed by atoms with E-state index in [0.29, 0.717) is 23.6 Å². The van der Waals surface area contributed by atoms with E-state index in [1.54, 1.807) is 18.2 Å². The molecule has 2 aliphatic carbocycles. The van der Waals surface area contributed by atoms with Crippen LogP contribution in [0, 0.1) is 16.2 Å². The van der Waals surface area contributed by atoms with Crippen LogP contribution in [0.3, 0.4) is 0 Å². The van der Waals surface area contributed by atoms with Crippen molar-refractivity contribution in [2.24, 2.45) is 16.2 Å². The highest BCUT2D eigenvalue weighted by Crippen LogP contribution is 2.70. The lowest BCUT2D eigenvalue weighted by Gasteiger charge is -2.38. The minimum absolute atomic E-state index is 0.0593. The van der Waals surface area contributed by atoms with Gasteiger partial charge < -0.3 is 14.8 Å². The Morgan fingerprint density at radius 1 is 1.13 bits per heavy atom. The topological polar surface area (TPSA) is 64.6 Å². The predicted octanol–water partition coefficient (Wildman–Crippen LogP) is 3.14. The monoisotopic (exact) mass is 315 g/mol. The van der Waals surface area contributed by atoms with Crippen LogP contribution < -0.4 is 14.8 Å². The van der Waals surface area contributed by atoms with Gasteiger partial charge in [-0.15, -0.1) is 0 Å². The summed E-state index contributed by atoms with van der Waals surface area (Å²) in [5.41, 5.74) is -0.663. The summed E-state index contributed by atoms with van der Waals surface area (Å²) in [6.45, 7) is 6.34. The number of anilines is 1. The van der Waals surface area contributed by atoms with E-state index in [1.165, 1.54) is 0 Å². The fourth-order valence-corrected chi connectivity index (χ4v) is 4.59. The molecule has 2 atom stereocenters. The second-order valence-corrected chi connectivity index (χ2v) is 7.66. The molecule has 0 radical (unpaired) electrons.